The second-order valence-electron chi connectivity index (χ2n) is 17.7. The molecule has 15 rings (SSSR count). The summed E-state index contributed by atoms with van der Waals surface area (Å²) in [6.07, 6.45) is 0. The molecule has 316 valence electrons. The molecule has 6 heterocycles. The van der Waals surface area contributed by atoms with Crippen LogP contribution < -0.4 is 21.3 Å². The number of fused-ring (bicyclic) bond motifs is 14. The first-order valence-corrected chi connectivity index (χ1v) is 25.1. The molecule has 0 fully saturated rings. The van der Waals surface area contributed by atoms with Gasteiger partial charge in [-0.25, -0.2) is 15.0 Å². The fourth-order valence-electron chi connectivity index (χ4n) is 10.8. The maximum absolute atomic E-state index is 9.66. The summed E-state index contributed by atoms with van der Waals surface area (Å²) < 4.78 is 7.56. The molecule has 10 heteroatoms. The molecule has 4 aromatic heterocycles. The van der Waals surface area contributed by atoms with Crippen molar-refractivity contribution in [3.05, 3.63) is 187 Å². The monoisotopic (exact) mass is 928 g/mol. The van der Waals surface area contributed by atoms with Gasteiger partial charge in [0.25, 0.3) is 0 Å². The molecule has 13 aromatic rings. The van der Waals surface area contributed by atoms with E-state index in [9.17, 15) is 10.5 Å². The van der Waals surface area contributed by atoms with Crippen LogP contribution in [-0.4, -0.2) is 21.7 Å². The predicted molar refractivity (Wildman–Crippen MR) is 289 cm³/mol. The van der Waals surface area contributed by atoms with Crippen LogP contribution in [0.25, 0.3) is 106 Å². The summed E-state index contributed by atoms with van der Waals surface area (Å²) >= 11 is 5.53. The van der Waals surface area contributed by atoms with Gasteiger partial charge in [-0.15, -0.1) is 34.0 Å². The maximum Gasteiger partial charge on any atom is 0.248 e. The fraction of sp³-hybridized carbons (Fsp3) is 0. The molecule has 2 aliphatic heterocycles. The first-order chi connectivity index (χ1) is 34.0. The van der Waals surface area contributed by atoms with Crippen LogP contribution in [0, 0.1) is 22.7 Å². The van der Waals surface area contributed by atoms with Crippen molar-refractivity contribution in [3.63, 3.8) is 0 Å². The highest BCUT2D eigenvalue weighted by molar-refractivity contribution is 7.26. The molecule has 0 unspecified atom stereocenters. The van der Waals surface area contributed by atoms with Crippen molar-refractivity contribution < 1.29 is 0 Å². The highest BCUT2D eigenvalue weighted by atomic mass is 32.1. The molecule has 69 heavy (non-hydrogen) atoms. The van der Waals surface area contributed by atoms with Gasteiger partial charge in [-0.3, -0.25) is 0 Å². The van der Waals surface area contributed by atoms with Crippen LogP contribution >= 0.6 is 34.0 Å². The first kappa shape index (κ1) is 38.6. The van der Waals surface area contributed by atoms with Crippen molar-refractivity contribution >= 4 is 135 Å². The molecule has 9 aromatic carbocycles. The van der Waals surface area contributed by atoms with Crippen LogP contribution in [0.15, 0.2) is 176 Å². The first-order valence-electron chi connectivity index (χ1n) is 22.6. The van der Waals surface area contributed by atoms with Crippen LogP contribution in [0.2, 0.25) is 0 Å². The lowest BCUT2D eigenvalue weighted by molar-refractivity contribution is 1.07. The van der Waals surface area contributed by atoms with E-state index < -0.39 is 0 Å². The fourth-order valence-corrected chi connectivity index (χ4v) is 14.2. The summed E-state index contributed by atoms with van der Waals surface area (Å²) in [6, 6.07) is 66.8. The second kappa shape index (κ2) is 14.5. The van der Waals surface area contributed by atoms with E-state index in [2.05, 4.69) is 144 Å². The number of aromatic nitrogens is 3. The van der Waals surface area contributed by atoms with Crippen molar-refractivity contribution in [1.82, 2.24) is 15.0 Å². The van der Waals surface area contributed by atoms with E-state index in [0.717, 1.165) is 39.3 Å². The average molecular weight is 929 g/mol. The molecule has 0 aliphatic carbocycles. The second-order valence-corrected chi connectivity index (χ2v) is 21.0. The summed E-state index contributed by atoms with van der Waals surface area (Å²) in [5.74, 6) is 1.52. The summed E-state index contributed by atoms with van der Waals surface area (Å²) in [5, 5.41) is 27.0. The molecule has 2 aliphatic rings. The quantitative estimate of drug-likeness (QED) is 0.163. The molecule has 0 saturated carbocycles. The Morgan fingerprint density at radius 3 is 1.46 bits per heavy atom. The van der Waals surface area contributed by atoms with E-state index in [-0.39, 0.29) is 6.71 Å². The molecular weight excluding hydrogens is 900 g/mol. The lowest BCUT2D eigenvalue weighted by Crippen LogP contribution is -2.54. The van der Waals surface area contributed by atoms with Crippen molar-refractivity contribution in [1.29, 1.82) is 10.5 Å². The van der Waals surface area contributed by atoms with Gasteiger partial charge in [-0.05, 0) is 136 Å². The summed E-state index contributed by atoms with van der Waals surface area (Å²) in [5.41, 5.74) is 13.1. The Kier molecular flexibility index (Phi) is 8.11. The summed E-state index contributed by atoms with van der Waals surface area (Å²) in [6.45, 7) is -0.0359. The summed E-state index contributed by atoms with van der Waals surface area (Å²) in [4.78, 5) is 18.1. The van der Waals surface area contributed by atoms with Crippen molar-refractivity contribution in [3.8, 4) is 57.4 Å². The predicted octanol–water partition coefficient (Wildman–Crippen LogP) is 14.0. The Morgan fingerprint density at radius 2 is 0.884 bits per heavy atom. The van der Waals surface area contributed by atoms with Crippen molar-refractivity contribution in [2.45, 2.75) is 0 Å². The molecule has 6 nitrogen and oxygen atoms in total. The van der Waals surface area contributed by atoms with Crippen molar-refractivity contribution in [2.24, 2.45) is 0 Å². The van der Waals surface area contributed by atoms with E-state index in [0.29, 0.717) is 28.6 Å². The van der Waals surface area contributed by atoms with E-state index in [1.807, 2.05) is 58.3 Å². The Morgan fingerprint density at radius 1 is 0.391 bits per heavy atom. The Bertz CT molecular complexity index is 4400. The SMILES string of the molecule is N#Cc1ccc(-c2nc(-c3ccc(C#N)cc3)nc(-c3cc4c5c(c3)N(c3ccc6c(c3)sc3ccccc36)c3cc6sc7ccccc7c6cc3B5c3cc5c(cc3-4)sc3ccccc35)n2)cc1. The Hall–Kier alpha value is -8.51. The zero-order valence-electron chi connectivity index (χ0n) is 36.2. The minimum Gasteiger partial charge on any atom is -0.311 e. The molecule has 0 radical (unpaired) electrons. The molecular formula is C59H29BN6S3. The summed E-state index contributed by atoms with van der Waals surface area (Å²) in [7, 11) is 0. The lowest BCUT2D eigenvalue weighted by atomic mass is 9.37. The van der Waals surface area contributed by atoms with Gasteiger partial charge in [0.15, 0.2) is 17.5 Å². The number of hydrogen-bond acceptors (Lipinski definition) is 9. The largest absolute Gasteiger partial charge is 0.311 e. The number of hydrogen-bond donors (Lipinski definition) is 0. The third kappa shape index (κ3) is 5.72. The van der Waals surface area contributed by atoms with Gasteiger partial charge in [-0.1, -0.05) is 78.3 Å². The van der Waals surface area contributed by atoms with Crippen LogP contribution in [-0.2, 0) is 0 Å². The third-order valence-corrected chi connectivity index (χ3v) is 17.4. The van der Waals surface area contributed by atoms with Gasteiger partial charge in [0.1, 0.15) is 0 Å². The normalized spacial score (nSPS) is 12.6. The number of anilines is 3. The minimum atomic E-state index is -0.0359. The standard InChI is InChI=1S/C59H29BN6S3/c61-30-32-13-17-34(18-14-32)57-63-58(35-19-15-33(31-62)16-20-35)65-59(64-57)36-23-45-42-28-54-43(39-8-2-5-11-51(39)68-54)26-46(42)60-47-27-44-40-9-3-6-12-52(40)69-55(44)29-48(47)66(49(24-36)56(45)60)37-21-22-41-38-7-1-4-10-50(38)67-53(41)25-37/h1-29H. The van der Waals surface area contributed by atoms with Crippen molar-refractivity contribution in [2.75, 3.05) is 4.90 Å². The van der Waals surface area contributed by atoms with E-state index >= 15 is 0 Å². The lowest BCUT2D eigenvalue weighted by Gasteiger charge is -2.36. The molecule has 0 amide bonds. The van der Waals surface area contributed by atoms with Crippen LogP contribution in [0.1, 0.15) is 11.1 Å². The maximum atomic E-state index is 9.66. The number of nitrogens with zero attached hydrogens (tertiary/aromatic N) is 6. The van der Waals surface area contributed by atoms with Crippen LogP contribution in [0.3, 0.4) is 0 Å². The van der Waals surface area contributed by atoms with Gasteiger partial charge in [-0.2, -0.15) is 10.5 Å². The average Bonchev–Trinajstić information content (AvgIpc) is 4.16. The molecule has 0 bridgehead atoms. The molecule has 0 spiro atoms. The Labute approximate surface area is 407 Å². The highest BCUT2D eigenvalue weighted by Gasteiger charge is 2.44. The number of thiophene rings is 3. The zero-order chi connectivity index (χ0) is 45.5. The third-order valence-electron chi connectivity index (χ3n) is 14.0. The topological polar surface area (TPSA) is 89.5 Å². The van der Waals surface area contributed by atoms with Gasteiger partial charge >= 0.3 is 0 Å². The molecule has 0 atom stereocenters. The van der Waals surface area contributed by atoms with E-state index in [4.69, 9.17) is 15.0 Å². The van der Waals surface area contributed by atoms with Crippen LogP contribution in [0.5, 0.6) is 0 Å². The number of benzene rings is 9. The Balaban J connectivity index is 1.04. The van der Waals surface area contributed by atoms with Gasteiger partial charge < -0.3 is 4.90 Å². The smallest absolute Gasteiger partial charge is 0.248 e. The molecule has 0 N–H and O–H groups in total. The highest BCUT2D eigenvalue weighted by Crippen LogP contribution is 2.48. The van der Waals surface area contributed by atoms with Crippen LogP contribution in [0.4, 0.5) is 17.1 Å². The molecule has 0 saturated heterocycles. The number of nitriles is 2. The van der Waals surface area contributed by atoms with E-state index in [1.54, 1.807) is 24.3 Å². The minimum absolute atomic E-state index is 0.0359. The zero-order valence-corrected chi connectivity index (χ0v) is 38.7. The van der Waals surface area contributed by atoms with Gasteiger partial charge in [0.05, 0.1) is 23.3 Å². The van der Waals surface area contributed by atoms with Gasteiger partial charge in [0, 0.05) is 83.5 Å². The number of rotatable bonds is 4. The van der Waals surface area contributed by atoms with E-state index in [1.165, 1.54) is 82.5 Å². The van der Waals surface area contributed by atoms with Gasteiger partial charge in [0.2, 0.25) is 6.71 Å².